The maximum absolute atomic E-state index is 12.5. The van der Waals surface area contributed by atoms with Gasteiger partial charge >= 0.3 is 6.18 Å². The molecule has 0 fully saturated rings. The van der Waals surface area contributed by atoms with Crippen molar-refractivity contribution in [3.05, 3.63) is 52.3 Å². The SMILES string of the molecule is Cc1nn(Cc2ccc(C(F)(F)F)cc2)c(C)c1CO. The Bertz CT molecular complexity index is 600. The van der Waals surface area contributed by atoms with Gasteiger partial charge in [0, 0.05) is 11.3 Å². The lowest BCUT2D eigenvalue weighted by molar-refractivity contribution is -0.137. The van der Waals surface area contributed by atoms with Gasteiger partial charge in [-0.15, -0.1) is 0 Å². The zero-order valence-corrected chi connectivity index (χ0v) is 11.2. The topological polar surface area (TPSA) is 38.0 Å². The van der Waals surface area contributed by atoms with Crippen LogP contribution < -0.4 is 0 Å². The van der Waals surface area contributed by atoms with E-state index in [9.17, 15) is 18.3 Å². The molecule has 0 aliphatic rings. The van der Waals surface area contributed by atoms with Crippen LogP contribution in [0.5, 0.6) is 0 Å². The van der Waals surface area contributed by atoms with Crippen molar-refractivity contribution in [2.75, 3.05) is 0 Å². The second-order valence-electron chi connectivity index (χ2n) is 4.66. The number of alkyl halides is 3. The maximum Gasteiger partial charge on any atom is 0.416 e. The van der Waals surface area contributed by atoms with E-state index in [0.717, 1.165) is 34.6 Å². The number of aryl methyl sites for hydroxylation is 1. The van der Waals surface area contributed by atoms with E-state index in [0.29, 0.717) is 6.54 Å². The first kappa shape index (κ1) is 14.6. The van der Waals surface area contributed by atoms with Crippen LogP contribution in [0.4, 0.5) is 13.2 Å². The second-order valence-corrected chi connectivity index (χ2v) is 4.66. The predicted molar refractivity (Wildman–Crippen MR) is 68.2 cm³/mol. The van der Waals surface area contributed by atoms with Crippen molar-refractivity contribution in [2.24, 2.45) is 0 Å². The van der Waals surface area contributed by atoms with E-state index in [-0.39, 0.29) is 6.61 Å². The Morgan fingerprint density at radius 1 is 1.15 bits per heavy atom. The van der Waals surface area contributed by atoms with Crippen molar-refractivity contribution in [3.8, 4) is 0 Å². The summed E-state index contributed by atoms with van der Waals surface area (Å²) in [6.45, 7) is 3.91. The average molecular weight is 284 g/mol. The number of aliphatic hydroxyl groups is 1. The molecule has 1 N–H and O–H groups in total. The number of aliphatic hydroxyl groups excluding tert-OH is 1. The van der Waals surface area contributed by atoms with Crippen molar-refractivity contribution >= 4 is 0 Å². The zero-order chi connectivity index (χ0) is 14.9. The van der Waals surface area contributed by atoms with E-state index in [1.54, 1.807) is 11.6 Å². The number of halogens is 3. The minimum absolute atomic E-state index is 0.0926. The summed E-state index contributed by atoms with van der Waals surface area (Å²) >= 11 is 0. The quantitative estimate of drug-likeness (QED) is 0.940. The summed E-state index contributed by atoms with van der Waals surface area (Å²) in [6, 6.07) is 5.01. The van der Waals surface area contributed by atoms with Crippen LogP contribution in [0.15, 0.2) is 24.3 Å². The third-order valence-corrected chi connectivity index (χ3v) is 3.30. The molecule has 6 heteroatoms. The fourth-order valence-electron chi connectivity index (χ4n) is 2.09. The Labute approximate surface area is 114 Å². The van der Waals surface area contributed by atoms with Gasteiger partial charge in [-0.3, -0.25) is 4.68 Å². The summed E-state index contributed by atoms with van der Waals surface area (Å²) in [4.78, 5) is 0. The molecule has 0 saturated carbocycles. The van der Waals surface area contributed by atoms with Crippen LogP contribution in [-0.4, -0.2) is 14.9 Å². The van der Waals surface area contributed by atoms with E-state index in [1.165, 1.54) is 12.1 Å². The average Bonchev–Trinajstić information content (AvgIpc) is 2.63. The third-order valence-electron chi connectivity index (χ3n) is 3.30. The molecular formula is C14H15F3N2O. The fraction of sp³-hybridized carbons (Fsp3) is 0.357. The molecule has 0 atom stereocenters. The number of hydrogen-bond acceptors (Lipinski definition) is 2. The minimum atomic E-state index is -4.32. The van der Waals surface area contributed by atoms with Gasteiger partial charge in [-0.25, -0.2) is 0 Å². The monoisotopic (exact) mass is 284 g/mol. The van der Waals surface area contributed by atoms with Gasteiger partial charge in [-0.05, 0) is 31.5 Å². The molecule has 3 nitrogen and oxygen atoms in total. The van der Waals surface area contributed by atoms with E-state index in [2.05, 4.69) is 5.10 Å². The van der Waals surface area contributed by atoms with E-state index >= 15 is 0 Å². The largest absolute Gasteiger partial charge is 0.416 e. The van der Waals surface area contributed by atoms with Crippen molar-refractivity contribution in [1.82, 2.24) is 9.78 Å². The van der Waals surface area contributed by atoms with Crippen LogP contribution >= 0.6 is 0 Å². The van der Waals surface area contributed by atoms with Gasteiger partial charge in [0.05, 0.1) is 24.4 Å². The standard InChI is InChI=1S/C14H15F3N2O/c1-9-13(8-20)10(2)19(18-9)7-11-3-5-12(6-4-11)14(15,16)17/h3-6,20H,7-8H2,1-2H3. The molecule has 2 aromatic rings. The number of nitrogens with zero attached hydrogens (tertiary/aromatic N) is 2. The summed E-state index contributed by atoms with van der Waals surface area (Å²) < 4.78 is 39.1. The first-order valence-corrected chi connectivity index (χ1v) is 6.13. The highest BCUT2D eigenvalue weighted by Crippen LogP contribution is 2.29. The van der Waals surface area contributed by atoms with Crippen molar-refractivity contribution in [1.29, 1.82) is 0 Å². The Morgan fingerprint density at radius 3 is 2.20 bits per heavy atom. The highest BCUT2D eigenvalue weighted by Gasteiger charge is 2.29. The van der Waals surface area contributed by atoms with Gasteiger partial charge in [0.2, 0.25) is 0 Å². The van der Waals surface area contributed by atoms with Gasteiger partial charge < -0.3 is 5.11 Å². The van der Waals surface area contributed by atoms with E-state index < -0.39 is 11.7 Å². The predicted octanol–water partition coefficient (Wildman–Crippen LogP) is 3.06. The highest BCUT2D eigenvalue weighted by atomic mass is 19.4. The molecule has 1 heterocycles. The normalized spacial score (nSPS) is 11.9. The molecule has 0 spiro atoms. The Kier molecular flexibility index (Phi) is 3.85. The summed E-state index contributed by atoms with van der Waals surface area (Å²) in [5, 5.41) is 13.5. The Balaban J connectivity index is 2.23. The Hall–Kier alpha value is -1.82. The molecule has 0 aliphatic carbocycles. The fourth-order valence-corrected chi connectivity index (χ4v) is 2.09. The number of hydrogen-bond donors (Lipinski definition) is 1. The van der Waals surface area contributed by atoms with Crippen LogP contribution in [0.1, 0.15) is 28.1 Å². The van der Waals surface area contributed by atoms with Gasteiger partial charge in [0.15, 0.2) is 0 Å². The van der Waals surface area contributed by atoms with Crippen molar-refractivity contribution in [3.63, 3.8) is 0 Å². The van der Waals surface area contributed by atoms with Crippen LogP contribution in [0.25, 0.3) is 0 Å². The molecule has 0 radical (unpaired) electrons. The molecule has 0 unspecified atom stereocenters. The molecule has 2 rings (SSSR count). The zero-order valence-electron chi connectivity index (χ0n) is 11.2. The molecule has 1 aromatic heterocycles. The lowest BCUT2D eigenvalue weighted by atomic mass is 10.1. The van der Waals surface area contributed by atoms with E-state index in [1.807, 2.05) is 6.92 Å². The summed E-state index contributed by atoms with van der Waals surface area (Å²) in [5.74, 6) is 0. The molecule has 20 heavy (non-hydrogen) atoms. The molecule has 0 aliphatic heterocycles. The molecule has 0 amide bonds. The Morgan fingerprint density at radius 2 is 1.75 bits per heavy atom. The number of rotatable bonds is 3. The van der Waals surface area contributed by atoms with Gasteiger partial charge in [0.25, 0.3) is 0 Å². The van der Waals surface area contributed by atoms with Crippen LogP contribution in [0.2, 0.25) is 0 Å². The van der Waals surface area contributed by atoms with Crippen LogP contribution in [0.3, 0.4) is 0 Å². The van der Waals surface area contributed by atoms with Crippen molar-refractivity contribution < 1.29 is 18.3 Å². The highest BCUT2D eigenvalue weighted by molar-refractivity contribution is 5.27. The first-order valence-electron chi connectivity index (χ1n) is 6.13. The number of aromatic nitrogens is 2. The summed E-state index contributed by atoms with van der Waals surface area (Å²) in [7, 11) is 0. The minimum Gasteiger partial charge on any atom is -0.392 e. The smallest absolute Gasteiger partial charge is 0.392 e. The van der Waals surface area contributed by atoms with Crippen LogP contribution in [0, 0.1) is 13.8 Å². The summed E-state index contributed by atoms with van der Waals surface area (Å²) in [6.07, 6.45) is -4.32. The maximum atomic E-state index is 12.5. The molecule has 0 bridgehead atoms. The molecular weight excluding hydrogens is 269 g/mol. The van der Waals surface area contributed by atoms with Crippen molar-refractivity contribution in [2.45, 2.75) is 33.2 Å². The van der Waals surface area contributed by atoms with E-state index in [4.69, 9.17) is 0 Å². The summed E-state index contributed by atoms with van der Waals surface area (Å²) in [5.41, 5.74) is 2.39. The van der Waals surface area contributed by atoms with Gasteiger partial charge in [-0.1, -0.05) is 12.1 Å². The molecule has 1 aromatic carbocycles. The lowest BCUT2D eigenvalue weighted by Gasteiger charge is -2.09. The number of benzene rings is 1. The molecule has 108 valence electrons. The van der Waals surface area contributed by atoms with Gasteiger partial charge in [-0.2, -0.15) is 18.3 Å². The van der Waals surface area contributed by atoms with Crippen LogP contribution in [-0.2, 0) is 19.3 Å². The molecule has 0 saturated heterocycles. The second kappa shape index (κ2) is 5.28. The first-order chi connectivity index (χ1) is 9.32. The third kappa shape index (κ3) is 2.85. The van der Waals surface area contributed by atoms with Gasteiger partial charge in [0.1, 0.15) is 0 Å². The lowest BCUT2D eigenvalue weighted by Crippen LogP contribution is -2.07.